The van der Waals surface area contributed by atoms with Crippen LogP contribution in [0.2, 0.25) is 0 Å². The summed E-state index contributed by atoms with van der Waals surface area (Å²) in [5.74, 6) is -1.71. The lowest BCUT2D eigenvalue weighted by Crippen LogP contribution is -2.38. The lowest BCUT2D eigenvalue weighted by Gasteiger charge is -2.28. The zero-order valence-electron chi connectivity index (χ0n) is 14.7. The number of benzene rings is 1. The number of carbonyl (C=O) groups is 3. The average molecular weight is 347 g/mol. The maximum atomic E-state index is 12.7. The molecule has 1 aliphatic rings. The second kappa shape index (κ2) is 8.50. The Bertz CT molecular complexity index is 641. The van der Waals surface area contributed by atoms with Crippen LogP contribution < -0.4 is 5.32 Å². The van der Waals surface area contributed by atoms with Crippen LogP contribution in [0.3, 0.4) is 0 Å². The van der Waals surface area contributed by atoms with Gasteiger partial charge >= 0.3 is 12.0 Å². The van der Waals surface area contributed by atoms with E-state index in [1.807, 2.05) is 4.90 Å². The van der Waals surface area contributed by atoms with E-state index in [2.05, 4.69) is 5.32 Å². The van der Waals surface area contributed by atoms with Crippen LogP contribution >= 0.6 is 0 Å². The highest BCUT2D eigenvalue weighted by atomic mass is 16.4. The van der Waals surface area contributed by atoms with E-state index < -0.39 is 17.9 Å². The van der Waals surface area contributed by atoms with Crippen LogP contribution in [-0.2, 0) is 4.79 Å². The van der Waals surface area contributed by atoms with Gasteiger partial charge in [0.15, 0.2) is 0 Å². The molecule has 7 nitrogen and oxygen atoms in total. The Balaban J connectivity index is 2.08. The molecule has 2 N–H and O–H groups in total. The smallest absolute Gasteiger partial charge is 0.321 e. The molecular weight excluding hydrogens is 322 g/mol. The largest absolute Gasteiger partial charge is 0.481 e. The minimum Gasteiger partial charge on any atom is -0.481 e. The molecule has 1 aromatic carbocycles. The first kappa shape index (κ1) is 18.8. The van der Waals surface area contributed by atoms with E-state index in [9.17, 15) is 14.4 Å². The summed E-state index contributed by atoms with van der Waals surface area (Å²) >= 11 is 0. The Morgan fingerprint density at radius 2 is 1.84 bits per heavy atom. The molecule has 0 aromatic heterocycles. The summed E-state index contributed by atoms with van der Waals surface area (Å²) in [5.41, 5.74) is 0.898. The molecular formula is C18H25N3O4. The third-order valence-corrected chi connectivity index (χ3v) is 4.36. The number of hydrogen-bond acceptors (Lipinski definition) is 3. The Labute approximate surface area is 147 Å². The summed E-state index contributed by atoms with van der Waals surface area (Å²) in [6.07, 6.45) is 3.13. The predicted molar refractivity (Wildman–Crippen MR) is 94.6 cm³/mol. The number of rotatable bonds is 5. The first-order valence-electron chi connectivity index (χ1n) is 8.53. The molecule has 0 bridgehead atoms. The number of urea groups is 1. The summed E-state index contributed by atoms with van der Waals surface area (Å²) in [4.78, 5) is 39.1. The molecule has 136 valence electrons. The van der Waals surface area contributed by atoms with Crippen molar-refractivity contribution < 1.29 is 19.5 Å². The van der Waals surface area contributed by atoms with Gasteiger partial charge in [-0.3, -0.25) is 9.59 Å². The van der Waals surface area contributed by atoms with Crippen molar-refractivity contribution in [1.29, 1.82) is 0 Å². The molecule has 0 spiro atoms. The quantitative estimate of drug-likeness (QED) is 0.856. The van der Waals surface area contributed by atoms with Gasteiger partial charge in [0.05, 0.1) is 17.2 Å². The summed E-state index contributed by atoms with van der Waals surface area (Å²) in [7, 11) is 1.53. The Morgan fingerprint density at radius 1 is 1.20 bits per heavy atom. The minimum absolute atomic E-state index is 0.0860. The van der Waals surface area contributed by atoms with Gasteiger partial charge in [0.1, 0.15) is 0 Å². The molecule has 1 aliphatic heterocycles. The normalized spacial score (nSPS) is 15.4. The zero-order valence-corrected chi connectivity index (χ0v) is 14.7. The summed E-state index contributed by atoms with van der Waals surface area (Å²) in [5, 5.41) is 11.7. The van der Waals surface area contributed by atoms with E-state index in [0.29, 0.717) is 11.3 Å². The average Bonchev–Trinajstić information content (AvgIpc) is 2.62. The molecule has 2 rings (SSSR count). The van der Waals surface area contributed by atoms with Gasteiger partial charge in [-0.15, -0.1) is 0 Å². The number of para-hydroxylation sites is 1. The van der Waals surface area contributed by atoms with Crippen LogP contribution in [0.1, 0.15) is 36.5 Å². The number of carbonyl (C=O) groups excluding carboxylic acids is 2. The number of hydrogen-bond donors (Lipinski definition) is 2. The zero-order chi connectivity index (χ0) is 18.4. The number of nitrogens with one attached hydrogen (secondary N) is 1. The number of carboxylic acids is 1. The van der Waals surface area contributed by atoms with Crippen LogP contribution in [0.5, 0.6) is 0 Å². The number of likely N-dealkylation sites (tertiary alicyclic amines) is 1. The van der Waals surface area contributed by atoms with Crippen molar-refractivity contribution >= 4 is 23.6 Å². The van der Waals surface area contributed by atoms with Crippen molar-refractivity contribution in [3.63, 3.8) is 0 Å². The first-order chi connectivity index (χ1) is 11.9. The highest BCUT2D eigenvalue weighted by Gasteiger charge is 2.22. The van der Waals surface area contributed by atoms with Gasteiger partial charge < -0.3 is 20.2 Å². The van der Waals surface area contributed by atoms with Crippen molar-refractivity contribution in [2.45, 2.75) is 26.2 Å². The van der Waals surface area contributed by atoms with Gasteiger partial charge in [-0.2, -0.15) is 0 Å². The summed E-state index contributed by atoms with van der Waals surface area (Å²) in [6, 6.07) is 6.47. The second-order valence-corrected chi connectivity index (χ2v) is 6.45. The van der Waals surface area contributed by atoms with E-state index in [1.54, 1.807) is 31.2 Å². The lowest BCUT2D eigenvalue weighted by molar-refractivity contribution is -0.141. The standard InChI is InChI=1S/C18H25N3O4/c1-13(17(23)24)12-20(2)18(25)19-15-9-5-4-8-14(15)16(22)21-10-6-3-7-11-21/h4-5,8-9,13H,3,6-7,10-12H2,1-2H3,(H,19,25)(H,23,24). The van der Waals surface area contributed by atoms with Gasteiger partial charge in [0.25, 0.3) is 5.91 Å². The number of anilines is 1. The molecule has 1 unspecified atom stereocenters. The molecule has 1 saturated heterocycles. The third-order valence-electron chi connectivity index (χ3n) is 4.36. The monoisotopic (exact) mass is 347 g/mol. The summed E-state index contributed by atoms with van der Waals surface area (Å²) in [6.45, 7) is 3.09. The molecule has 1 aromatic rings. The molecule has 25 heavy (non-hydrogen) atoms. The Morgan fingerprint density at radius 3 is 2.48 bits per heavy atom. The Kier molecular flexibility index (Phi) is 6.38. The number of nitrogens with zero attached hydrogens (tertiary/aromatic N) is 2. The van der Waals surface area contributed by atoms with Crippen molar-refractivity contribution in [3.8, 4) is 0 Å². The van der Waals surface area contributed by atoms with Crippen LogP contribution in [0.15, 0.2) is 24.3 Å². The number of carboxylic acid groups (broad SMARTS) is 1. The van der Waals surface area contributed by atoms with Crippen molar-refractivity contribution in [2.75, 3.05) is 32.0 Å². The fourth-order valence-corrected chi connectivity index (χ4v) is 2.83. The van der Waals surface area contributed by atoms with Gasteiger partial charge in [0.2, 0.25) is 0 Å². The van der Waals surface area contributed by atoms with Gasteiger partial charge in [-0.05, 0) is 31.4 Å². The van der Waals surface area contributed by atoms with Crippen LogP contribution in [0.4, 0.5) is 10.5 Å². The highest BCUT2D eigenvalue weighted by molar-refractivity contribution is 6.03. The van der Waals surface area contributed by atoms with Gasteiger partial charge in [-0.25, -0.2) is 4.79 Å². The molecule has 7 heteroatoms. The Hall–Kier alpha value is -2.57. The highest BCUT2D eigenvalue weighted by Crippen LogP contribution is 2.20. The van der Waals surface area contributed by atoms with E-state index in [1.165, 1.54) is 11.9 Å². The number of amides is 3. The first-order valence-corrected chi connectivity index (χ1v) is 8.53. The third kappa shape index (κ3) is 4.95. The van der Waals surface area contributed by atoms with Crippen molar-refractivity contribution in [1.82, 2.24) is 9.80 Å². The summed E-state index contributed by atoms with van der Waals surface area (Å²) < 4.78 is 0. The molecule has 1 atom stereocenters. The minimum atomic E-state index is -0.958. The molecule has 0 saturated carbocycles. The molecule has 0 aliphatic carbocycles. The fraction of sp³-hybridized carbons (Fsp3) is 0.500. The fourth-order valence-electron chi connectivity index (χ4n) is 2.83. The van der Waals surface area contributed by atoms with Gasteiger partial charge in [0, 0.05) is 26.7 Å². The van der Waals surface area contributed by atoms with Gasteiger partial charge in [-0.1, -0.05) is 19.1 Å². The maximum Gasteiger partial charge on any atom is 0.321 e. The number of piperidine rings is 1. The SMILES string of the molecule is CC(CN(C)C(=O)Nc1ccccc1C(=O)N1CCCCC1)C(=O)O. The van der Waals surface area contributed by atoms with Crippen molar-refractivity contribution in [2.24, 2.45) is 5.92 Å². The van der Waals surface area contributed by atoms with E-state index in [-0.39, 0.29) is 12.5 Å². The van der Waals surface area contributed by atoms with E-state index in [0.717, 1.165) is 32.4 Å². The topological polar surface area (TPSA) is 90.0 Å². The van der Waals surface area contributed by atoms with E-state index in [4.69, 9.17) is 5.11 Å². The molecule has 1 heterocycles. The molecule has 1 fully saturated rings. The maximum absolute atomic E-state index is 12.7. The second-order valence-electron chi connectivity index (χ2n) is 6.45. The van der Waals surface area contributed by atoms with Crippen molar-refractivity contribution in [3.05, 3.63) is 29.8 Å². The molecule has 3 amide bonds. The van der Waals surface area contributed by atoms with Crippen LogP contribution in [-0.4, -0.2) is 59.5 Å². The predicted octanol–water partition coefficient (Wildman–Crippen LogP) is 2.50. The number of aliphatic carboxylic acids is 1. The lowest BCUT2D eigenvalue weighted by atomic mass is 10.1. The molecule has 0 radical (unpaired) electrons. The van der Waals surface area contributed by atoms with E-state index >= 15 is 0 Å². The van der Waals surface area contributed by atoms with Crippen LogP contribution in [0.25, 0.3) is 0 Å². The van der Waals surface area contributed by atoms with Crippen LogP contribution in [0, 0.1) is 5.92 Å².